The van der Waals surface area contributed by atoms with Gasteiger partial charge in [0.2, 0.25) is 11.8 Å². The van der Waals surface area contributed by atoms with Crippen LogP contribution in [0, 0.1) is 18.3 Å². The monoisotopic (exact) mass is 527 g/mol. The van der Waals surface area contributed by atoms with Crippen LogP contribution in [0.4, 0.5) is 0 Å². The van der Waals surface area contributed by atoms with Crippen LogP contribution in [-0.4, -0.2) is 72.5 Å². The van der Waals surface area contributed by atoms with Gasteiger partial charge in [-0.3, -0.25) is 14.5 Å². The van der Waals surface area contributed by atoms with Gasteiger partial charge < -0.3 is 14.5 Å². The summed E-state index contributed by atoms with van der Waals surface area (Å²) >= 11 is 1.72. The summed E-state index contributed by atoms with van der Waals surface area (Å²) in [6.07, 6.45) is 1.44. The van der Waals surface area contributed by atoms with E-state index >= 15 is 0 Å². The number of ether oxygens (including phenoxy) is 1. The minimum Gasteiger partial charge on any atom is -0.379 e. The fourth-order valence-corrected chi connectivity index (χ4v) is 5.89. The number of carbonyl (C=O) groups is 2. The third kappa shape index (κ3) is 10.6. The van der Waals surface area contributed by atoms with Crippen molar-refractivity contribution in [3.05, 3.63) is 57.8 Å². The lowest BCUT2D eigenvalue weighted by molar-refractivity contribution is -0.142. The second kappa shape index (κ2) is 14.1. The van der Waals surface area contributed by atoms with E-state index in [-0.39, 0.29) is 29.7 Å². The van der Waals surface area contributed by atoms with Crippen molar-refractivity contribution in [1.82, 2.24) is 14.7 Å². The van der Waals surface area contributed by atoms with E-state index in [1.807, 2.05) is 23.1 Å². The second-order valence-electron chi connectivity index (χ2n) is 11.6. The van der Waals surface area contributed by atoms with Crippen LogP contribution in [0.5, 0.6) is 0 Å². The van der Waals surface area contributed by atoms with Crippen LogP contribution < -0.4 is 0 Å². The van der Waals surface area contributed by atoms with Crippen LogP contribution in [0.1, 0.15) is 55.9 Å². The summed E-state index contributed by atoms with van der Waals surface area (Å²) in [6.45, 7) is 16.6. The van der Waals surface area contributed by atoms with E-state index < -0.39 is 0 Å². The molecule has 1 aliphatic heterocycles. The minimum atomic E-state index is -0.00583. The first-order valence-electron chi connectivity index (χ1n) is 13.5. The lowest BCUT2D eigenvalue weighted by Crippen LogP contribution is -2.47. The fraction of sp³-hybridized carbons (Fsp3) is 0.600. The topological polar surface area (TPSA) is 53.1 Å². The number of rotatable bonds is 12. The molecule has 3 rings (SSSR count). The Kier molecular flexibility index (Phi) is 11.2. The maximum absolute atomic E-state index is 13.7. The summed E-state index contributed by atoms with van der Waals surface area (Å²) in [7, 11) is 0. The van der Waals surface area contributed by atoms with Crippen molar-refractivity contribution in [2.24, 2.45) is 11.3 Å². The molecule has 0 bridgehead atoms. The SMILES string of the molecule is Cc1ccc(CN(Cc2ccccc2)C(=O)CN(CCN2CCOCC2)C(=O)CC(C)CC(C)(C)C)s1. The van der Waals surface area contributed by atoms with E-state index in [1.165, 1.54) is 4.88 Å². The van der Waals surface area contributed by atoms with Crippen LogP contribution in [0.25, 0.3) is 0 Å². The van der Waals surface area contributed by atoms with E-state index in [0.717, 1.165) is 49.7 Å². The molecule has 1 aliphatic rings. The van der Waals surface area contributed by atoms with Gasteiger partial charge in [-0.05, 0) is 42.4 Å². The number of nitrogens with zero attached hydrogens (tertiary/aromatic N) is 3. The quantitative estimate of drug-likeness (QED) is 0.380. The molecule has 1 unspecified atom stereocenters. The summed E-state index contributed by atoms with van der Waals surface area (Å²) < 4.78 is 5.48. The number of aryl methyl sites for hydroxylation is 1. The molecule has 1 saturated heterocycles. The van der Waals surface area contributed by atoms with Crippen molar-refractivity contribution >= 4 is 23.2 Å². The number of morpholine rings is 1. The molecule has 1 fully saturated rings. The summed E-state index contributed by atoms with van der Waals surface area (Å²) in [4.78, 5) is 35.7. The highest BCUT2D eigenvalue weighted by atomic mass is 32.1. The number of carbonyl (C=O) groups excluding carboxylic acids is 2. The van der Waals surface area contributed by atoms with Gasteiger partial charge in [-0.2, -0.15) is 0 Å². The zero-order valence-electron chi connectivity index (χ0n) is 23.4. The van der Waals surface area contributed by atoms with Gasteiger partial charge in [0.15, 0.2) is 0 Å². The van der Waals surface area contributed by atoms with E-state index in [0.29, 0.717) is 26.1 Å². The average Bonchev–Trinajstić information content (AvgIpc) is 3.25. The molecule has 2 heterocycles. The smallest absolute Gasteiger partial charge is 0.242 e. The molecule has 2 aromatic rings. The Morgan fingerprint density at radius 1 is 1.00 bits per heavy atom. The van der Waals surface area contributed by atoms with Crippen molar-refractivity contribution in [3.63, 3.8) is 0 Å². The van der Waals surface area contributed by atoms with Gasteiger partial charge in [0.05, 0.1) is 26.3 Å². The molecule has 0 saturated carbocycles. The summed E-state index contributed by atoms with van der Waals surface area (Å²) in [6, 6.07) is 14.3. The summed E-state index contributed by atoms with van der Waals surface area (Å²) in [5.74, 6) is 0.335. The third-order valence-electron chi connectivity index (χ3n) is 6.66. The first kappa shape index (κ1) is 29.3. The normalized spacial score (nSPS) is 15.4. The highest BCUT2D eigenvalue weighted by Gasteiger charge is 2.26. The summed E-state index contributed by atoms with van der Waals surface area (Å²) in [5, 5.41) is 0. The standard InChI is InChI=1S/C30H45N3O3S/c1-24(20-30(3,4)5)19-28(34)32(14-13-31-15-17-36-18-16-31)23-29(35)33(21-26-9-7-6-8-10-26)22-27-12-11-25(2)37-27/h6-12,24H,13-23H2,1-5H3. The Hall–Kier alpha value is -2.22. The van der Waals surface area contributed by atoms with Crippen molar-refractivity contribution in [2.45, 2.75) is 60.5 Å². The average molecular weight is 528 g/mol. The molecule has 0 N–H and O–H groups in total. The van der Waals surface area contributed by atoms with Gasteiger partial charge >= 0.3 is 0 Å². The van der Waals surface area contributed by atoms with Crippen LogP contribution in [0.3, 0.4) is 0 Å². The van der Waals surface area contributed by atoms with Gasteiger partial charge in [-0.15, -0.1) is 11.3 Å². The minimum absolute atomic E-state index is 0.00583. The van der Waals surface area contributed by atoms with Crippen molar-refractivity contribution in [3.8, 4) is 0 Å². The first-order chi connectivity index (χ1) is 17.6. The molecular weight excluding hydrogens is 482 g/mol. The molecule has 1 atom stereocenters. The molecule has 6 nitrogen and oxygen atoms in total. The van der Waals surface area contributed by atoms with Crippen LogP contribution >= 0.6 is 11.3 Å². The lowest BCUT2D eigenvalue weighted by atomic mass is 9.84. The zero-order chi connectivity index (χ0) is 26.8. The van der Waals surface area contributed by atoms with E-state index in [1.54, 1.807) is 16.2 Å². The van der Waals surface area contributed by atoms with Crippen LogP contribution in [0.2, 0.25) is 0 Å². The predicted molar refractivity (Wildman–Crippen MR) is 151 cm³/mol. The van der Waals surface area contributed by atoms with Gasteiger partial charge in [-0.1, -0.05) is 58.0 Å². The maximum atomic E-state index is 13.7. The van der Waals surface area contributed by atoms with E-state index in [9.17, 15) is 9.59 Å². The zero-order valence-corrected chi connectivity index (χ0v) is 24.2. The molecule has 204 valence electrons. The van der Waals surface area contributed by atoms with Gasteiger partial charge in [0.25, 0.3) is 0 Å². The number of thiophene rings is 1. The summed E-state index contributed by atoms with van der Waals surface area (Å²) in [5.41, 5.74) is 1.26. The van der Waals surface area contributed by atoms with Gasteiger partial charge in [-0.25, -0.2) is 0 Å². The number of hydrogen-bond acceptors (Lipinski definition) is 5. The molecular formula is C30H45N3O3S. The van der Waals surface area contributed by atoms with Gasteiger partial charge in [0, 0.05) is 48.9 Å². The first-order valence-corrected chi connectivity index (χ1v) is 14.4. The molecule has 0 aliphatic carbocycles. The Balaban J connectivity index is 1.73. The molecule has 37 heavy (non-hydrogen) atoms. The Morgan fingerprint density at radius 3 is 2.32 bits per heavy atom. The Morgan fingerprint density at radius 2 is 1.70 bits per heavy atom. The van der Waals surface area contributed by atoms with Crippen molar-refractivity contribution < 1.29 is 14.3 Å². The Bertz CT molecular complexity index is 979. The third-order valence-corrected chi connectivity index (χ3v) is 7.65. The maximum Gasteiger partial charge on any atom is 0.242 e. The number of benzene rings is 1. The van der Waals surface area contributed by atoms with E-state index in [2.05, 4.69) is 63.8 Å². The molecule has 7 heteroatoms. The van der Waals surface area contributed by atoms with Crippen molar-refractivity contribution in [1.29, 1.82) is 0 Å². The van der Waals surface area contributed by atoms with E-state index in [4.69, 9.17) is 4.74 Å². The van der Waals surface area contributed by atoms with Crippen LogP contribution in [-0.2, 0) is 27.4 Å². The highest BCUT2D eigenvalue weighted by molar-refractivity contribution is 7.11. The van der Waals surface area contributed by atoms with Crippen LogP contribution in [0.15, 0.2) is 42.5 Å². The highest BCUT2D eigenvalue weighted by Crippen LogP contribution is 2.26. The van der Waals surface area contributed by atoms with Gasteiger partial charge in [0.1, 0.15) is 0 Å². The molecule has 1 aromatic carbocycles. The molecule has 1 aromatic heterocycles. The predicted octanol–water partition coefficient (Wildman–Crippen LogP) is 5.21. The lowest BCUT2D eigenvalue weighted by Gasteiger charge is -2.32. The Labute approximate surface area is 227 Å². The number of amides is 2. The molecule has 0 radical (unpaired) electrons. The second-order valence-corrected chi connectivity index (χ2v) is 13.0. The molecule has 0 spiro atoms. The van der Waals surface area contributed by atoms with Crippen molar-refractivity contribution in [2.75, 3.05) is 45.9 Å². The fourth-order valence-electron chi connectivity index (χ4n) is 4.98. The number of hydrogen-bond donors (Lipinski definition) is 0. The molecule has 2 amide bonds. The largest absolute Gasteiger partial charge is 0.379 e.